The lowest BCUT2D eigenvalue weighted by Crippen LogP contribution is -1.96. The van der Waals surface area contributed by atoms with Crippen LogP contribution in [0.2, 0.25) is 0 Å². The topological polar surface area (TPSA) is 17.8 Å². The van der Waals surface area contributed by atoms with Crippen molar-refractivity contribution in [3.8, 4) is 0 Å². The van der Waals surface area contributed by atoms with Gasteiger partial charge < -0.3 is 4.57 Å². The maximum absolute atomic E-state index is 3.99. The summed E-state index contributed by atoms with van der Waals surface area (Å²) in [6, 6.07) is 14.9. The van der Waals surface area contributed by atoms with E-state index in [1.807, 2.05) is 4.57 Å². The van der Waals surface area contributed by atoms with Gasteiger partial charge in [-0.05, 0) is 22.4 Å². The lowest BCUT2D eigenvalue weighted by atomic mass is 10.1. The molecule has 0 aliphatic heterocycles. The Labute approximate surface area is 94.2 Å². The van der Waals surface area contributed by atoms with Crippen molar-refractivity contribution in [2.24, 2.45) is 0 Å². The van der Waals surface area contributed by atoms with E-state index in [-0.39, 0.29) is 0 Å². The fourth-order valence-corrected chi connectivity index (χ4v) is 1.87. The van der Waals surface area contributed by atoms with E-state index in [0.717, 1.165) is 6.54 Å². The van der Waals surface area contributed by atoms with Crippen LogP contribution < -0.4 is 0 Å². The van der Waals surface area contributed by atoms with Crippen LogP contribution in [-0.2, 0) is 6.54 Å². The number of aromatic nitrogens is 2. The molecule has 0 atom stereocenters. The van der Waals surface area contributed by atoms with E-state index in [9.17, 15) is 0 Å². The van der Waals surface area contributed by atoms with E-state index in [0.29, 0.717) is 0 Å². The number of fused-ring (bicyclic) bond motifs is 1. The first-order valence-electron chi connectivity index (χ1n) is 5.27. The molecular weight excluding hydrogens is 196 g/mol. The van der Waals surface area contributed by atoms with Crippen molar-refractivity contribution in [2.75, 3.05) is 0 Å². The number of benzene rings is 2. The Balaban J connectivity index is 1.99. The highest BCUT2D eigenvalue weighted by molar-refractivity contribution is 5.82. The average molecular weight is 207 g/mol. The van der Waals surface area contributed by atoms with E-state index in [1.54, 1.807) is 12.5 Å². The quantitative estimate of drug-likeness (QED) is 0.631. The van der Waals surface area contributed by atoms with Gasteiger partial charge in [-0.1, -0.05) is 36.4 Å². The highest BCUT2D eigenvalue weighted by atomic mass is 15.0. The Morgan fingerprint density at radius 2 is 1.94 bits per heavy atom. The largest absolute Gasteiger partial charge is 0.325 e. The van der Waals surface area contributed by atoms with Gasteiger partial charge >= 0.3 is 0 Å². The number of hydrogen-bond donors (Lipinski definition) is 0. The number of hydrogen-bond acceptors (Lipinski definition) is 1. The molecular formula is C14H11N2. The summed E-state index contributed by atoms with van der Waals surface area (Å²) in [6.45, 7) is 0.824. The fourth-order valence-electron chi connectivity index (χ4n) is 1.87. The molecule has 1 aromatic heterocycles. The van der Waals surface area contributed by atoms with Crippen molar-refractivity contribution in [2.45, 2.75) is 6.54 Å². The molecule has 0 bridgehead atoms. The maximum atomic E-state index is 3.99. The van der Waals surface area contributed by atoms with Gasteiger partial charge in [-0.2, -0.15) is 0 Å². The lowest BCUT2D eigenvalue weighted by Gasteiger charge is -2.04. The molecule has 2 heteroatoms. The number of nitrogens with zero attached hydrogens (tertiary/aromatic N) is 2. The minimum absolute atomic E-state index is 0.824. The molecule has 3 aromatic rings. The molecule has 0 amide bonds. The zero-order valence-corrected chi connectivity index (χ0v) is 8.80. The van der Waals surface area contributed by atoms with E-state index in [1.165, 1.54) is 16.3 Å². The Morgan fingerprint density at radius 1 is 1.06 bits per heavy atom. The van der Waals surface area contributed by atoms with Gasteiger partial charge in [0.15, 0.2) is 0 Å². The van der Waals surface area contributed by atoms with Gasteiger partial charge in [-0.3, -0.25) is 0 Å². The second-order valence-corrected chi connectivity index (χ2v) is 3.83. The van der Waals surface area contributed by atoms with Gasteiger partial charge in [-0.25, -0.2) is 4.98 Å². The first-order chi connectivity index (χ1) is 7.92. The lowest BCUT2D eigenvalue weighted by molar-refractivity contribution is 0.792. The molecule has 0 N–H and O–H groups in total. The fraction of sp³-hybridized carbons (Fsp3) is 0.0714. The summed E-state index contributed by atoms with van der Waals surface area (Å²) in [5, 5.41) is 2.56. The molecule has 0 aliphatic rings. The smallest absolute Gasteiger partial charge is 0.0954 e. The van der Waals surface area contributed by atoms with Crippen LogP contribution in [0, 0.1) is 6.20 Å². The summed E-state index contributed by atoms with van der Waals surface area (Å²) in [7, 11) is 0. The first-order valence-corrected chi connectivity index (χ1v) is 5.27. The molecule has 77 valence electrons. The van der Waals surface area contributed by atoms with Crippen LogP contribution in [0.3, 0.4) is 0 Å². The highest BCUT2D eigenvalue weighted by Gasteiger charge is 1.97. The standard InChI is InChI=1S/C14H11N2/c1-2-4-14-9-12(5-6-13(14)3-1)10-16-8-7-15-11-16/h1-7,9,11H,10H2. The Bertz CT molecular complexity index is 597. The number of rotatable bonds is 2. The third kappa shape index (κ3) is 1.70. The van der Waals surface area contributed by atoms with Crippen LogP contribution in [-0.4, -0.2) is 9.55 Å². The van der Waals surface area contributed by atoms with Crippen LogP contribution in [0.4, 0.5) is 0 Å². The number of imidazole rings is 1. The molecule has 0 unspecified atom stereocenters. The van der Waals surface area contributed by atoms with Crippen LogP contribution in [0.25, 0.3) is 10.8 Å². The van der Waals surface area contributed by atoms with Gasteiger partial charge in [0.2, 0.25) is 0 Å². The molecule has 1 heterocycles. The second kappa shape index (κ2) is 3.81. The van der Waals surface area contributed by atoms with Crippen molar-refractivity contribution in [3.05, 3.63) is 66.7 Å². The molecule has 0 spiro atoms. The Morgan fingerprint density at radius 3 is 2.75 bits per heavy atom. The van der Waals surface area contributed by atoms with Crippen LogP contribution in [0.5, 0.6) is 0 Å². The van der Waals surface area contributed by atoms with Gasteiger partial charge in [0.1, 0.15) is 0 Å². The highest BCUT2D eigenvalue weighted by Crippen LogP contribution is 2.16. The third-order valence-corrected chi connectivity index (χ3v) is 2.67. The second-order valence-electron chi connectivity index (χ2n) is 3.83. The summed E-state index contributed by atoms with van der Waals surface area (Å²) in [6.07, 6.45) is 6.51. The molecule has 16 heavy (non-hydrogen) atoms. The molecule has 0 fully saturated rings. The SMILES string of the molecule is [c]1cncn1Cc1ccc2ccccc2c1. The minimum atomic E-state index is 0.824. The first kappa shape index (κ1) is 9.16. The minimum Gasteiger partial charge on any atom is -0.325 e. The van der Waals surface area contributed by atoms with Crippen LogP contribution >= 0.6 is 0 Å². The molecule has 0 aliphatic carbocycles. The third-order valence-electron chi connectivity index (χ3n) is 2.67. The van der Waals surface area contributed by atoms with E-state index >= 15 is 0 Å². The summed E-state index contributed by atoms with van der Waals surface area (Å²) in [4.78, 5) is 3.99. The van der Waals surface area contributed by atoms with Gasteiger partial charge in [0.05, 0.1) is 18.7 Å². The van der Waals surface area contributed by atoms with Crippen molar-refractivity contribution < 1.29 is 0 Å². The molecule has 2 nitrogen and oxygen atoms in total. The summed E-state index contributed by atoms with van der Waals surface area (Å²) >= 11 is 0. The predicted octanol–water partition coefficient (Wildman–Crippen LogP) is 2.88. The Kier molecular flexibility index (Phi) is 2.18. The summed E-state index contributed by atoms with van der Waals surface area (Å²) < 4.78 is 1.95. The maximum Gasteiger partial charge on any atom is 0.0954 e. The van der Waals surface area contributed by atoms with Crippen molar-refractivity contribution in [1.29, 1.82) is 0 Å². The normalized spacial score (nSPS) is 10.8. The summed E-state index contributed by atoms with van der Waals surface area (Å²) in [5.41, 5.74) is 1.27. The van der Waals surface area contributed by atoms with Crippen molar-refractivity contribution >= 4 is 10.8 Å². The molecule has 0 saturated heterocycles. The van der Waals surface area contributed by atoms with E-state index in [4.69, 9.17) is 0 Å². The Hall–Kier alpha value is -2.09. The zero-order chi connectivity index (χ0) is 10.8. The van der Waals surface area contributed by atoms with Crippen molar-refractivity contribution in [1.82, 2.24) is 9.55 Å². The zero-order valence-electron chi connectivity index (χ0n) is 8.80. The average Bonchev–Trinajstić information content (AvgIpc) is 2.82. The molecule has 2 aromatic carbocycles. The van der Waals surface area contributed by atoms with Crippen LogP contribution in [0.15, 0.2) is 55.0 Å². The summed E-state index contributed by atoms with van der Waals surface area (Å²) in [5.74, 6) is 0. The van der Waals surface area contributed by atoms with Gasteiger partial charge in [0.25, 0.3) is 0 Å². The predicted molar refractivity (Wildman–Crippen MR) is 64.1 cm³/mol. The van der Waals surface area contributed by atoms with Crippen molar-refractivity contribution in [3.63, 3.8) is 0 Å². The van der Waals surface area contributed by atoms with Crippen LogP contribution in [0.1, 0.15) is 5.56 Å². The monoisotopic (exact) mass is 207 g/mol. The van der Waals surface area contributed by atoms with Gasteiger partial charge in [-0.15, -0.1) is 0 Å². The van der Waals surface area contributed by atoms with E-state index in [2.05, 4.69) is 53.6 Å². The van der Waals surface area contributed by atoms with E-state index < -0.39 is 0 Å². The van der Waals surface area contributed by atoms with Gasteiger partial charge in [0, 0.05) is 6.54 Å². The molecule has 0 saturated carbocycles. The molecule has 3 rings (SSSR count). The molecule has 1 radical (unpaired) electrons.